The van der Waals surface area contributed by atoms with E-state index in [1.807, 2.05) is 13.8 Å². The largest absolute Gasteiger partial charge is 0.349 e. The van der Waals surface area contributed by atoms with Crippen LogP contribution in [0.2, 0.25) is 5.15 Å². The van der Waals surface area contributed by atoms with Gasteiger partial charge in [-0.15, -0.1) is 0 Å². The van der Waals surface area contributed by atoms with Crippen LogP contribution in [0.15, 0.2) is 0 Å². The molecular weight excluding hydrogens is 236 g/mol. The van der Waals surface area contributed by atoms with Gasteiger partial charge < -0.3 is 9.80 Å². The van der Waals surface area contributed by atoms with Crippen molar-refractivity contribution in [2.75, 3.05) is 31.6 Å². The first-order chi connectivity index (χ1) is 7.99. The SMILES string of the molecule is Cc1nc(Cl)c(N2CCN(C)CC2C)nc1C. The number of hydrogen-bond acceptors (Lipinski definition) is 4. The fourth-order valence-corrected chi connectivity index (χ4v) is 2.48. The highest BCUT2D eigenvalue weighted by molar-refractivity contribution is 6.31. The van der Waals surface area contributed by atoms with Crippen molar-refractivity contribution >= 4 is 17.4 Å². The highest BCUT2D eigenvalue weighted by Gasteiger charge is 2.25. The van der Waals surface area contributed by atoms with Gasteiger partial charge in [-0.2, -0.15) is 0 Å². The summed E-state index contributed by atoms with van der Waals surface area (Å²) in [5.41, 5.74) is 1.86. The molecule has 0 radical (unpaired) electrons. The smallest absolute Gasteiger partial charge is 0.171 e. The Balaban J connectivity index is 2.31. The summed E-state index contributed by atoms with van der Waals surface area (Å²) in [6.07, 6.45) is 0. The van der Waals surface area contributed by atoms with Gasteiger partial charge >= 0.3 is 0 Å². The molecule has 0 saturated carbocycles. The van der Waals surface area contributed by atoms with Crippen molar-refractivity contribution in [1.29, 1.82) is 0 Å². The van der Waals surface area contributed by atoms with Crippen LogP contribution in [-0.2, 0) is 0 Å². The third-order valence-electron chi connectivity index (χ3n) is 3.35. The van der Waals surface area contributed by atoms with Crippen LogP contribution in [0.3, 0.4) is 0 Å². The van der Waals surface area contributed by atoms with E-state index in [1.54, 1.807) is 0 Å². The maximum Gasteiger partial charge on any atom is 0.171 e. The van der Waals surface area contributed by atoms with Crippen LogP contribution >= 0.6 is 11.6 Å². The molecule has 1 fully saturated rings. The van der Waals surface area contributed by atoms with Crippen molar-refractivity contribution in [3.05, 3.63) is 16.5 Å². The molecule has 2 heterocycles. The summed E-state index contributed by atoms with van der Waals surface area (Å²) in [7, 11) is 2.14. The first kappa shape index (κ1) is 12.6. The van der Waals surface area contributed by atoms with E-state index in [9.17, 15) is 0 Å². The van der Waals surface area contributed by atoms with E-state index >= 15 is 0 Å². The zero-order valence-electron chi connectivity index (χ0n) is 10.9. The van der Waals surface area contributed by atoms with Crippen LogP contribution in [0.5, 0.6) is 0 Å². The van der Waals surface area contributed by atoms with E-state index in [0.717, 1.165) is 36.8 Å². The average Bonchev–Trinajstić information content (AvgIpc) is 2.24. The molecule has 1 aliphatic heterocycles. The second-order valence-corrected chi connectivity index (χ2v) is 5.17. The standard InChI is InChI=1S/C12H19ClN4/c1-8-7-16(4)5-6-17(8)12-11(13)14-9(2)10(3)15-12/h8H,5-7H2,1-4H3. The molecule has 0 spiro atoms. The van der Waals surface area contributed by atoms with E-state index in [-0.39, 0.29) is 0 Å². The molecule has 2 rings (SSSR count). The monoisotopic (exact) mass is 254 g/mol. The van der Waals surface area contributed by atoms with E-state index in [4.69, 9.17) is 11.6 Å². The number of nitrogens with zero attached hydrogens (tertiary/aromatic N) is 4. The summed E-state index contributed by atoms with van der Waals surface area (Å²) >= 11 is 6.21. The van der Waals surface area contributed by atoms with Gasteiger partial charge in [-0.05, 0) is 27.8 Å². The summed E-state index contributed by atoms with van der Waals surface area (Å²) in [6.45, 7) is 9.13. The Kier molecular flexibility index (Phi) is 3.54. The van der Waals surface area contributed by atoms with E-state index in [2.05, 4.69) is 33.7 Å². The lowest BCUT2D eigenvalue weighted by molar-refractivity contribution is 0.274. The molecule has 0 amide bonds. The number of rotatable bonds is 1. The minimum atomic E-state index is 0.419. The Morgan fingerprint density at radius 1 is 1.18 bits per heavy atom. The Hall–Kier alpha value is -0.870. The highest BCUT2D eigenvalue weighted by atomic mass is 35.5. The Morgan fingerprint density at radius 2 is 1.82 bits per heavy atom. The number of aromatic nitrogens is 2. The maximum atomic E-state index is 6.21. The topological polar surface area (TPSA) is 32.3 Å². The van der Waals surface area contributed by atoms with E-state index in [0.29, 0.717) is 11.2 Å². The van der Waals surface area contributed by atoms with Crippen molar-refractivity contribution < 1.29 is 0 Å². The lowest BCUT2D eigenvalue weighted by Crippen LogP contribution is -2.51. The van der Waals surface area contributed by atoms with Crippen molar-refractivity contribution in [3.63, 3.8) is 0 Å². The van der Waals surface area contributed by atoms with Gasteiger partial charge in [-0.1, -0.05) is 11.6 Å². The zero-order valence-corrected chi connectivity index (χ0v) is 11.6. The van der Waals surface area contributed by atoms with Crippen LogP contribution in [0.1, 0.15) is 18.3 Å². The summed E-state index contributed by atoms with van der Waals surface area (Å²) in [5, 5.41) is 0.518. The number of anilines is 1. The molecule has 1 aliphatic rings. The van der Waals surface area contributed by atoms with Crippen LogP contribution in [0.4, 0.5) is 5.82 Å². The first-order valence-corrected chi connectivity index (χ1v) is 6.32. The van der Waals surface area contributed by atoms with Gasteiger partial charge in [0.2, 0.25) is 0 Å². The van der Waals surface area contributed by atoms with Crippen molar-refractivity contribution in [3.8, 4) is 0 Å². The molecule has 0 aromatic carbocycles. The molecule has 0 aliphatic carbocycles. The average molecular weight is 255 g/mol. The molecule has 17 heavy (non-hydrogen) atoms. The maximum absolute atomic E-state index is 6.21. The minimum Gasteiger partial charge on any atom is -0.349 e. The Morgan fingerprint density at radius 3 is 2.47 bits per heavy atom. The molecule has 0 bridgehead atoms. The molecule has 94 valence electrons. The van der Waals surface area contributed by atoms with Gasteiger partial charge in [0.1, 0.15) is 0 Å². The fourth-order valence-electron chi connectivity index (χ4n) is 2.20. The number of aryl methyl sites for hydroxylation is 2. The number of hydrogen-bond donors (Lipinski definition) is 0. The molecule has 1 aromatic heterocycles. The van der Waals surface area contributed by atoms with Crippen LogP contribution in [-0.4, -0.2) is 47.6 Å². The molecule has 1 saturated heterocycles. The quantitative estimate of drug-likeness (QED) is 0.766. The van der Waals surface area contributed by atoms with Gasteiger partial charge in [0.15, 0.2) is 11.0 Å². The van der Waals surface area contributed by atoms with Crippen molar-refractivity contribution in [2.45, 2.75) is 26.8 Å². The predicted molar refractivity (Wildman–Crippen MR) is 70.8 cm³/mol. The predicted octanol–water partition coefficient (Wildman–Crippen LogP) is 1.89. The Labute approximate surface area is 108 Å². The Bertz CT molecular complexity index is 421. The third-order valence-corrected chi connectivity index (χ3v) is 3.60. The van der Waals surface area contributed by atoms with Gasteiger partial charge in [-0.25, -0.2) is 9.97 Å². The van der Waals surface area contributed by atoms with Crippen LogP contribution in [0, 0.1) is 13.8 Å². The molecule has 1 aromatic rings. The molecule has 1 atom stereocenters. The molecule has 4 nitrogen and oxygen atoms in total. The lowest BCUT2D eigenvalue weighted by atomic mass is 10.2. The summed E-state index contributed by atoms with van der Waals surface area (Å²) in [5.74, 6) is 0.829. The zero-order chi connectivity index (χ0) is 12.6. The molecule has 5 heteroatoms. The highest BCUT2D eigenvalue weighted by Crippen LogP contribution is 2.26. The second kappa shape index (κ2) is 4.78. The van der Waals surface area contributed by atoms with E-state index < -0.39 is 0 Å². The molecule has 0 N–H and O–H groups in total. The third kappa shape index (κ3) is 2.53. The molecule has 1 unspecified atom stereocenters. The van der Waals surface area contributed by atoms with E-state index in [1.165, 1.54) is 0 Å². The van der Waals surface area contributed by atoms with Gasteiger partial charge in [0.05, 0.1) is 11.4 Å². The lowest BCUT2D eigenvalue weighted by Gasteiger charge is -2.39. The number of halogens is 1. The van der Waals surface area contributed by atoms with Crippen LogP contribution < -0.4 is 4.90 Å². The van der Waals surface area contributed by atoms with Crippen LogP contribution in [0.25, 0.3) is 0 Å². The fraction of sp³-hybridized carbons (Fsp3) is 0.667. The second-order valence-electron chi connectivity index (χ2n) is 4.81. The van der Waals surface area contributed by atoms with Gasteiger partial charge in [-0.3, -0.25) is 0 Å². The number of likely N-dealkylation sites (N-methyl/N-ethyl adjacent to an activating group) is 1. The van der Waals surface area contributed by atoms with Crippen molar-refractivity contribution in [1.82, 2.24) is 14.9 Å². The summed E-state index contributed by atoms with van der Waals surface area (Å²) in [4.78, 5) is 13.5. The van der Waals surface area contributed by atoms with Crippen molar-refractivity contribution in [2.24, 2.45) is 0 Å². The first-order valence-electron chi connectivity index (χ1n) is 5.95. The van der Waals surface area contributed by atoms with Gasteiger partial charge in [0.25, 0.3) is 0 Å². The minimum absolute atomic E-state index is 0.419. The summed E-state index contributed by atoms with van der Waals surface area (Å²) < 4.78 is 0. The summed E-state index contributed by atoms with van der Waals surface area (Å²) in [6, 6.07) is 0.419. The van der Waals surface area contributed by atoms with Gasteiger partial charge in [0, 0.05) is 25.7 Å². The number of piperazine rings is 1. The molecular formula is C12H19ClN4. The normalized spacial score (nSPS) is 21.9.